The standard InChI is InChI=1S/C22H18N4O3/c27-20(14-26-15-23-19-6-2-1-5-18(19)22(26)29)24-17-10-8-16(9-11-17)13-25-12-4-3-7-21(25)28/h1-12,15H,13-14H2,(H,24,27). The first-order valence-electron chi connectivity index (χ1n) is 9.08. The van der Waals surface area contributed by atoms with Crippen molar-refractivity contribution in [2.24, 2.45) is 0 Å². The van der Waals surface area contributed by atoms with Crippen LogP contribution in [0.15, 0.2) is 88.8 Å². The molecule has 0 bridgehead atoms. The number of carbonyl (C=O) groups is 1. The number of benzene rings is 2. The van der Waals surface area contributed by atoms with Gasteiger partial charge in [0.05, 0.1) is 23.8 Å². The lowest BCUT2D eigenvalue weighted by Gasteiger charge is -2.09. The highest BCUT2D eigenvalue weighted by molar-refractivity contribution is 5.90. The number of fused-ring (bicyclic) bond motifs is 1. The molecule has 0 saturated heterocycles. The van der Waals surface area contributed by atoms with E-state index in [0.717, 1.165) is 5.56 Å². The van der Waals surface area contributed by atoms with Gasteiger partial charge in [-0.05, 0) is 35.9 Å². The molecule has 0 spiro atoms. The molecule has 1 N–H and O–H groups in total. The Bertz CT molecular complexity index is 1290. The molecule has 0 unspecified atom stereocenters. The second kappa shape index (κ2) is 7.93. The van der Waals surface area contributed by atoms with E-state index in [-0.39, 0.29) is 23.6 Å². The summed E-state index contributed by atoms with van der Waals surface area (Å²) in [5, 5.41) is 3.25. The summed E-state index contributed by atoms with van der Waals surface area (Å²) < 4.78 is 2.89. The Morgan fingerprint density at radius 1 is 0.897 bits per heavy atom. The average molecular weight is 386 g/mol. The smallest absolute Gasteiger partial charge is 0.261 e. The van der Waals surface area contributed by atoms with Crippen LogP contribution in [-0.4, -0.2) is 20.0 Å². The highest BCUT2D eigenvalue weighted by atomic mass is 16.2. The second-order valence-electron chi connectivity index (χ2n) is 6.61. The zero-order valence-electron chi connectivity index (χ0n) is 15.5. The minimum atomic E-state index is -0.323. The van der Waals surface area contributed by atoms with Gasteiger partial charge in [0.25, 0.3) is 11.1 Å². The molecule has 4 aromatic rings. The van der Waals surface area contributed by atoms with E-state index in [1.54, 1.807) is 53.2 Å². The van der Waals surface area contributed by atoms with E-state index >= 15 is 0 Å². The quantitative estimate of drug-likeness (QED) is 0.570. The summed E-state index contributed by atoms with van der Waals surface area (Å²) in [5.74, 6) is -0.323. The maximum Gasteiger partial charge on any atom is 0.261 e. The Balaban J connectivity index is 1.44. The number of hydrogen-bond donors (Lipinski definition) is 1. The SMILES string of the molecule is O=C(Cn1cnc2ccccc2c1=O)Nc1ccc(Cn2ccccc2=O)cc1. The highest BCUT2D eigenvalue weighted by Crippen LogP contribution is 2.11. The predicted octanol–water partition coefficient (Wildman–Crippen LogP) is 2.25. The number of nitrogens with zero attached hydrogens (tertiary/aromatic N) is 3. The fourth-order valence-electron chi connectivity index (χ4n) is 3.06. The number of para-hydroxylation sites is 1. The zero-order chi connectivity index (χ0) is 20.2. The van der Waals surface area contributed by atoms with Crippen LogP contribution in [0.2, 0.25) is 0 Å². The number of nitrogens with one attached hydrogen (secondary N) is 1. The lowest BCUT2D eigenvalue weighted by atomic mass is 10.2. The molecule has 29 heavy (non-hydrogen) atoms. The van der Waals surface area contributed by atoms with Crippen molar-refractivity contribution in [2.75, 3.05) is 5.32 Å². The molecule has 0 atom stereocenters. The van der Waals surface area contributed by atoms with Crippen molar-refractivity contribution < 1.29 is 4.79 Å². The Hall–Kier alpha value is -4.00. The Morgan fingerprint density at radius 3 is 2.45 bits per heavy atom. The van der Waals surface area contributed by atoms with Crippen LogP contribution in [0, 0.1) is 0 Å². The van der Waals surface area contributed by atoms with Gasteiger partial charge in [-0.3, -0.25) is 19.0 Å². The average Bonchev–Trinajstić information content (AvgIpc) is 2.73. The van der Waals surface area contributed by atoms with Gasteiger partial charge in [-0.25, -0.2) is 4.98 Å². The molecule has 0 aliphatic carbocycles. The monoisotopic (exact) mass is 386 g/mol. The number of pyridine rings is 1. The van der Waals surface area contributed by atoms with Crippen LogP contribution in [0.4, 0.5) is 5.69 Å². The van der Waals surface area contributed by atoms with Gasteiger partial charge in [0.15, 0.2) is 0 Å². The third-order valence-corrected chi connectivity index (χ3v) is 4.54. The topological polar surface area (TPSA) is 86.0 Å². The highest BCUT2D eigenvalue weighted by Gasteiger charge is 2.08. The molecule has 0 fully saturated rings. The summed E-state index contributed by atoms with van der Waals surface area (Å²) >= 11 is 0. The fraction of sp³-hybridized carbons (Fsp3) is 0.0909. The number of amides is 1. The molecule has 0 aliphatic heterocycles. The molecule has 2 aromatic carbocycles. The molecule has 0 saturated carbocycles. The van der Waals surface area contributed by atoms with E-state index in [9.17, 15) is 14.4 Å². The first kappa shape index (κ1) is 18.4. The maximum absolute atomic E-state index is 12.5. The van der Waals surface area contributed by atoms with Crippen LogP contribution in [0.3, 0.4) is 0 Å². The van der Waals surface area contributed by atoms with Gasteiger partial charge in [-0.1, -0.05) is 30.3 Å². The van der Waals surface area contributed by atoms with Gasteiger partial charge in [0.2, 0.25) is 5.91 Å². The Morgan fingerprint density at radius 2 is 1.66 bits per heavy atom. The molecule has 7 heteroatoms. The van der Waals surface area contributed by atoms with Crippen LogP contribution in [0.1, 0.15) is 5.56 Å². The summed E-state index contributed by atoms with van der Waals surface area (Å²) in [5.41, 5.74) is 1.82. The number of hydrogen-bond acceptors (Lipinski definition) is 4. The minimum Gasteiger partial charge on any atom is -0.325 e. The van der Waals surface area contributed by atoms with Gasteiger partial charge in [0, 0.05) is 18.0 Å². The predicted molar refractivity (Wildman–Crippen MR) is 111 cm³/mol. The molecule has 4 rings (SSSR count). The molecule has 7 nitrogen and oxygen atoms in total. The molecule has 2 heterocycles. The lowest BCUT2D eigenvalue weighted by Crippen LogP contribution is -2.27. The molecule has 144 valence electrons. The maximum atomic E-state index is 12.5. The molecular weight excluding hydrogens is 368 g/mol. The summed E-state index contributed by atoms with van der Waals surface area (Å²) in [6.45, 7) is 0.323. The second-order valence-corrected chi connectivity index (χ2v) is 6.61. The first-order chi connectivity index (χ1) is 14.1. The van der Waals surface area contributed by atoms with E-state index in [4.69, 9.17) is 0 Å². The van der Waals surface area contributed by atoms with Gasteiger partial charge in [0.1, 0.15) is 6.54 Å². The van der Waals surface area contributed by atoms with Gasteiger partial charge >= 0.3 is 0 Å². The van der Waals surface area contributed by atoms with Gasteiger partial charge in [-0.2, -0.15) is 0 Å². The third kappa shape index (κ3) is 4.14. The van der Waals surface area contributed by atoms with Crippen molar-refractivity contribution in [1.29, 1.82) is 0 Å². The summed E-state index contributed by atoms with van der Waals surface area (Å²) in [7, 11) is 0. The fourth-order valence-corrected chi connectivity index (χ4v) is 3.06. The van der Waals surface area contributed by atoms with Crippen molar-refractivity contribution in [3.05, 3.63) is 106 Å². The molecule has 0 radical (unpaired) electrons. The Kier molecular flexibility index (Phi) is 5.03. The molecule has 2 aromatic heterocycles. The van der Waals surface area contributed by atoms with Crippen LogP contribution < -0.4 is 16.4 Å². The number of rotatable bonds is 5. The number of aromatic nitrogens is 3. The van der Waals surface area contributed by atoms with Crippen molar-refractivity contribution in [1.82, 2.24) is 14.1 Å². The summed E-state index contributed by atoms with van der Waals surface area (Å²) in [4.78, 5) is 40.8. The Labute approximate surface area is 165 Å². The summed E-state index contributed by atoms with van der Waals surface area (Å²) in [6.07, 6.45) is 3.11. The van der Waals surface area contributed by atoms with Crippen molar-refractivity contribution in [2.45, 2.75) is 13.1 Å². The van der Waals surface area contributed by atoms with Gasteiger partial charge in [-0.15, -0.1) is 0 Å². The number of carbonyl (C=O) groups excluding carboxylic acids is 1. The zero-order valence-corrected chi connectivity index (χ0v) is 15.5. The summed E-state index contributed by atoms with van der Waals surface area (Å²) in [6, 6.07) is 19.3. The van der Waals surface area contributed by atoms with Crippen LogP contribution >= 0.6 is 0 Å². The van der Waals surface area contributed by atoms with E-state index in [1.165, 1.54) is 17.0 Å². The molecular formula is C22H18N4O3. The molecule has 0 aliphatic rings. The molecule has 1 amide bonds. The van der Waals surface area contributed by atoms with Gasteiger partial charge < -0.3 is 9.88 Å². The van der Waals surface area contributed by atoms with Crippen molar-refractivity contribution in [3.63, 3.8) is 0 Å². The van der Waals surface area contributed by atoms with Crippen LogP contribution in [-0.2, 0) is 17.9 Å². The van der Waals surface area contributed by atoms with Crippen molar-refractivity contribution >= 4 is 22.5 Å². The largest absolute Gasteiger partial charge is 0.325 e. The first-order valence-corrected chi connectivity index (χ1v) is 9.08. The lowest BCUT2D eigenvalue weighted by molar-refractivity contribution is -0.116. The van der Waals surface area contributed by atoms with Crippen LogP contribution in [0.25, 0.3) is 10.9 Å². The van der Waals surface area contributed by atoms with E-state index in [2.05, 4.69) is 10.3 Å². The van der Waals surface area contributed by atoms with E-state index in [0.29, 0.717) is 23.1 Å². The third-order valence-electron chi connectivity index (χ3n) is 4.54. The minimum absolute atomic E-state index is 0.0701. The van der Waals surface area contributed by atoms with E-state index < -0.39 is 0 Å². The normalized spacial score (nSPS) is 10.8. The van der Waals surface area contributed by atoms with Crippen molar-refractivity contribution in [3.8, 4) is 0 Å². The van der Waals surface area contributed by atoms with E-state index in [1.807, 2.05) is 18.2 Å². The van der Waals surface area contributed by atoms with Crippen LogP contribution in [0.5, 0.6) is 0 Å². The number of anilines is 1.